The summed E-state index contributed by atoms with van der Waals surface area (Å²) in [5.74, 6) is 0.0327. The average molecular weight is 131 g/mol. The van der Waals surface area contributed by atoms with Gasteiger partial charge in [0.25, 0.3) is 0 Å². The number of rotatable bonds is 2. The van der Waals surface area contributed by atoms with Crippen LogP contribution in [-0.2, 0) is 0 Å². The lowest BCUT2D eigenvalue weighted by Crippen LogP contribution is -2.15. The van der Waals surface area contributed by atoms with Crippen molar-refractivity contribution in [1.29, 1.82) is 0 Å². The molecule has 0 heterocycles. The summed E-state index contributed by atoms with van der Waals surface area (Å²) in [5, 5.41) is 21.6. The van der Waals surface area contributed by atoms with Gasteiger partial charge in [-0.25, -0.2) is 0 Å². The molecular formula is C4H9N3O2. The molecule has 0 amide bonds. The maximum absolute atomic E-state index is 8.07. The molecule has 0 aromatic heterocycles. The maximum atomic E-state index is 8.07. The zero-order chi connectivity index (χ0) is 7.28. The summed E-state index contributed by atoms with van der Waals surface area (Å²) in [6.45, 7) is 1.57. The Balaban J connectivity index is 3.75. The molecule has 0 saturated carbocycles. The van der Waals surface area contributed by atoms with Crippen LogP contribution in [0.2, 0.25) is 0 Å². The molecule has 0 unspecified atom stereocenters. The van der Waals surface area contributed by atoms with Crippen LogP contribution < -0.4 is 5.73 Å². The number of hydrogen-bond donors (Lipinski definition) is 3. The lowest BCUT2D eigenvalue weighted by atomic mass is 10.3. The van der Waals surface area contributed by atoms with Crippen LogP contribution in [0.5, 0.6) is 0 Å². The van der Waals surface area contributed by atoms with E-state index in [9.17, 15) is 0 Å². The van der Waals surface area contributed by atoms with Gasteiger partial charge in [0.1, 0.15) is 5.84 Å². The van der Waals surface area contributed by atoms with Gasteiger partial charge in [-0.3, -0.25) is 0 Å². The lowest BCUT2D eigenvalue weighted by Gasteiger charge is -1.92. The minimum absolute atomic E-state index is 0.0327. The summed E-state index contributed by atoms with van der Waals surface area (Å²) in [6.07, 6.45) is 0.188. The zero-order valence-corrected chi connectivity index (χ0v) is 5.07. The molecule has 52 valence electrons. The second-order valence-electron chi connectivity index (χ2n) is 1.60. The second-order valence-corrected chi connectivity index (χ2v) is 1.60. The van der Waals surface area contributed by atoms with E-state index in [4.69, 9.17) is 16.1 Å². The Kier molecular flexibility index (Phi) is 3.19. The van der Waals surface area contributed by atoms with E-state index in [0.29, 0.717) is 5.71 Å². The second kappa shape index (κ2) is 3.71. The van der Waals surface area contributed by atoms with Crippen LogP contribution in [0.25, 0.3) is 0 Å². The molecule has 0 atom stereocenters. The van der Waals surface area contributed by atoms with Crippen LogP contribution in [-0.4, -0.2) is 22.0 Å². The fraction of sp³-hybridized carbons (Fsp3) is 0.500. The number of amidine groups is 1. The predicted octanol–water partition coefficient (Wildman–Crippen LogP) is -0.0270. The van der Waals surface area contributed by atoms with Crippen molar-refractivity contribution in [2.45, 2.75) is 13.3 Å². The quantitative estimate of drug-likeness (QED) is 0.213. The first-order valence-corrected chi connectivity index (χ1v) is 2.34. The maximum Gasteiger partial charge on any atom is 0.144 e. The van der Waals surface area contributed by atoms with Crippen molar-refractivity contribution in [3.05, 3.63) is 0 Å². The van der Waals surface area contributed by atoms with E-state index in [1.54, 1.807) is 6.92 Å². The van der Waals surface area contributed by atoms with Crippen LogP contribution in [0.4, 0.5) is 0 Å². The van der Waals surface area contributed by atoms with Gasteiger partial charge in [-0.1, -0.05) is 10.3 Å². The van der Waals surface area contributed by atoms with E-state index in [2.05, 4.69) is 10.3 Å². The molecule has 0 aliphatic heterocycles. The summed E-state index contributed by atoms with van der Waals surface area (Å²) in [7, 11) is 0. The Labute approximate surface area is 52.5 Å². The number of hydrogen-bond acceptors (Lipinski definition) is 4. The third kappa shape index (κ3) is 3.33. The Morgan fingerprint density at radius 2 is 2.00 bits per heavy atom. The van der Waals surface area contributed by atoms with Gasteiger partial charge < -0.3 is 16.1 Å². The highest BCUT2D eigenvalue weighted by atomic mass is 16.4. The van der Waals surface area contributed by atoms with Crippen molar-refractivity contribution in [2.75, 3.05) is 0 Å². The lowest BCUT2D eigenvalue weighted by molar-refractivity contribution is 0.314. The zero-order valence-electron chi connectivity index (χ0n) is 5.07. The summed E-state index contributed by atoms with van der Waals surface area (Å²) in [4.78, 5) is 0. The number of nitrogens with two attached hydrogens (primary N) is 1. The van der Waals surface area contributed by atoms with E-state index >= 15 is 0 Å². The van der Waals surface area contributed by atoms with E-state index in [1.807, 2.05) is 0 Å². The van der Waals surface area contributed by atoms with Crippen LogP contribution in [0.1, 0.15) is 13.3 Å². The first-order chi connectivity index (χ1) is 4.20. The number of oxime groups is 2. The predicted molar refractivity (Wildman–Crippen MR) is 32.9 cm³/mol. The summed E-state index contributed by atoms with van der Waals surface area (Å²) in [5.41, 5.74) is 5.47. The molecule has 0 radical (unpaired) electrons. The Hall–Kier alpha value is -1.26. The molecule has 4 N–H and O–H groups in total. The SMILES string of the molecule is C/C(C/C(N)=N/O)=N\O. The minimum atomic E-state index is 0.0327. The normalized spacial score (nSPS) is 13.9. The third-order valence-electron chi connectivity index (χ3n) is 0.736. The van der Waals surface area contributed by atoms with Crippen molar-refractivity contribution < 1.29 is 10.4 Å². The topological polar surface area (TPSA) is 91.2 Å². The molecule has 5 nitrogen and oxygen atoms in total. The van der Waals surface area contributed by atoms with Gasteiger partial charge >= 0.3 is 0 Å². The van der Waals surface area contributed by atoms with Crippen molar-refractivity contribution >= 4 is 11.5 Å². The smallest absolute Gasteiger partial charge is 0.144 e. The van der Waals surface area contributed by atoms with Gasteiger partial charge in [0, 0.05) is 0 Å². The Morgan fingerprint density at radius 3 is 2.33 bits per heavy atom. The monoisotopic (exact) mass is 131 g/mol. The molecule has 0 rings (SSSR count). The highest BCUT2D eigenvalue weighted by Gasteiger charge is 1.95. The fourth-order valence-corrected chi connectivity index (χ4v) is 0.333. The molecule has 0 saturated heterocycles. The Morgan fingerprint density at radius 1 is 1.44 bits per heavy atom. The van der Waals surface area contributed by atoms with E-state index in [1.165, 1.54) is 0 Å². The molecule has 0 aliphatic rings. The van der Waals surface area contributed by atoms with E-state index in [-0.39, 0.29) is 12.3 Å². The molecule has 9 heavy (non-hydrogen) atoms. The van der Waals surface area contributed by atoms with Gasteiger partial charge in [0.2, 0.25) is 0 Å². The van der Waals surface area contributed by atoms with Crippen molar-refractivity contribution in [2.24, 2.45) is 16.0 Å². The van der Waals surface area contributed by atoms with Crippen molar-refractivity contribution in [3.8, 4) is 0 Å². The number of nitrogens with zero attached hydrogens (tertiary/aromatic N) is 2. The van der Waals surface area contributed by atoms with Gasteiger partial charge in [-0.2, -0.15) is 0 Å². The van der Waals surface area contributed by atoms with Crippen molar-refractivity contribution in [1.82, 2.24) is 0 Å². The van der Waals surface area contributed by atoms with Crippen molar-refractivity contribution in [3.63, 3.8) is 0 Å². The summed E-state index contributed by atoms with van der Waals surface area (Å²) >= 11 is 0. The van der Waals surface area contributed by atoms with E-state index in [0.717, 1.165) is 0 Å². The Bertz CT molecular complexity index is 125. The van der Waals surface area contributed by atoms with Gasteiger partial charge in [0.05, 0.1) is 12.1 Å². The summed E-state index contributed by atoms with van der Waals surface area (Å²) in [6, 6.07) is 0. The third-order valence-corrected chi connectivity index (χ3v) is 0.736. The van der Waals surface area contributed by atoms with Crippen LogP contribution in [0.15, 0.2) is 10.3 Å². The standard InChI is InChI=1S/C4H9N3O2/c1-3(6-8)2-4(5)7-9/h8-9H,2H2,1H3,(H2,5,7)/b6-3+. The molecule has 0 bridgehead atoms. The minimum Gasteiger partial charge on any atom is -0.411 e. The highest BCUT2D eigenvalue weighted by molar-refractivity contribution is 6.01. The molecule has 0 fully saturated rings. The van der Waals surface area contributed by atoms with Crippen LogP contribution >= 0.6 is 0 Å². The average Bonchev–Trinajstić information content (AvgIpc) is 1.87. The molecule has 0 spiro atoms. The molecular weight excluding hydrogens is 122 g/mol. The largest absolute Gasteiger partial charge is 0.411 e. The fourth-order valence-electron chi connectivity index (χ4n) is 0.333. The molecule has 5 heteroatoms. The highest BCUT2D eigenvalue weighted by Crippen LogP contribution is 1.83. The molecule has 0 aromatic carbocycles. The van der Waals surface area contributed by atoms with Crippen LogP contribution in [0, 0.1) is 0 Å². The first-order valence-electron chi connectivity index (χ1n) is 2.34. The summed E-state index contributed by atoms with van der Waals surface area (Å²) < 4.78 is 0. The van der Waals surface area contributed by atoms with Gasteiger partial charge in [-0.05, 0) is 6.92 Å². The van der Waals surface area contributed by atoms with Crippen LogP contribution in [0.3, 0.4) is 0 Å². The first kappa shape index (κ1) is 7.74. The van der Waals surface area contributed by atoms with Gasteiger partial charge in [-0.15, -0.1) is 0 Å². The van der Waals surface area contributed by atoms with Gasteiger partial charge in [0.15, 0.2) is 0 Å². The molecule has 0 aromatic rings. The molecule has 0 aliphatic carbocycles. The van der Waals surface area contributed by atoms with E-state index < -0.39 is 0 Å².